The lowest BCUT2D eigenvalue weighted by molar-refractivity contribution is 0.322. The molecule has 80 valence electrons. The van der Waals surface area contributed by atoms with Crippen molar-refractivity contribution in [3.8, 4) is 0 Å². The second-order valence-electron chi connectivity index (χ2n) is 3.02. The van der Waals surface area contributed by atoms with Crippen LogP contribution in [-0.2, 0) is 0 Å². The number of aliphatic hydroxyl groups excluding tert-OH is 1. The number of hydrogen-bond acceptors (Lipinski definition) is 5. The topological polar surface area (TPSA) is 66.0 Å². The van der Waals surface area contributed by atoms with Crippen LogP contribution in [0.5, 0.6) is 0 Å². The van der Waals surface area contributed by atoms with E-state index in [0.717, 1.165) is 9.71 Å². The lowest BCUT2D eigenvalue weighted by Crippen LogP contribution is -2.07. The molecule has 0 saturated carbocycles. The quantitative estimate of drug-likeness (QED) is 0.630. The van der Waals surface area contributed by atoms with E-state index in [9.17, 15) is 4.79 Å². The van der Waals surface area contributed by atoms with Crippen LogP contribution in [0, 0.1) is 6.92 Å². The second kappa shape index (κ2) is 4.34. The average molecular weight is 242 g/mol. The van der Waals surface area contributed by atoms with E-state index in [0.29, 0.717) is 16.3 Å². The largest absolute Gasteiger partial charge is 0.396 e. The van der Waals surface area contributed by atoms with Gasteiger partial charge in [0.25, 0.3) is 5.56 Å². The predicted octanol–water partition coefficient (Wildman–Crippen LogP) is 1.38. The molecule has 4 nitrogen and oxygen atoms in total. The van der Waals surface area contributed by atoms with Crippen LogP contribution < -0.4 is 5.56 Å². The Morgan fingerprint density at radius 2 is 2.47 bits per heavy atom. The van der Waals surface area contributed by atoms with Gasteiger partial charge in [-0.3, -0.25) is 4.79 Å². The fourth-order valence-corrected chi connectivity index (χ4v) is 2.79. The molecular weight excluding hydrogens is 232 g/mol. The third kappa shape index (κ3) is 2.22. The molecule has 0 saturated heterocycles. The van der Waals surface area contributed by atoms with Crippen LogP contribution in [0.25, 0.3) is 10.2 Å². The average Bonchev–Trinajstić information content (AvgIpc) is 2.56. The van der Waals surface area contributed by atoms with E-state index >= 15 is 0 Å². The number of hydrogen-bond donors (Lipinski definition) is 2. The molecule has 0 radical (unpaired) electrons. The summed E-state index contributed by atoms with van der Waals surface area (Å²) in [6, 6.07) is 1.84. The van der Waals surface area contributed by atoms with E-state index in [-0.39, 0.29) is 12.2 Å². The van der Waals surface area contributed by atoms with Gasteiger partial charge < -0.3 is 10.1 Å². The van der Waals surface area contributed by atoms with Crippen LogP contribution in [0.1, 0.15) is 4.88 Å². The highest BCUT2D eigenvalue weighted by Gasteiger charge is 2.06. The van der Waals surface area contributed by atoms with Crippen molar-refractivity contribution in [1.82, 2.24) is 9.97 Å². The van der Waals surface area contributed by atoms with Crippen LogP contribution in [0.3, 0.4) is 0 Å². The van der Waals surface area contributed by atoms with E-state index in [4.69, 9.17) is 5.11 Å². The van der Waals surface area contributed by atoms with Crippen LogP contribution in [0.15, 0.2) is 16.0 Å². The summed E-state index contributed by atoms with van der Waals surface area (Å²) in [6.45, 7) is 2.03. The molecule has 0 aliphatic heterocycles. The van der Waals surface area contributed by atoms with Gasteiger partial charge in [0.15, 0.2) is 5.16 Å². The number of rotatable bonds is 3. The minimum atomic E-state index is -0.107. The molecule has 0 aliphatic rings. The minimum Gasteiger partial charge on any atom is -0.396 e. The lowest BCUT2D eigenvalue weighted by Gasteiger charge is -1.97. The molecule has 2 aromatic rings. The van der Waals surface area contributed by atoms with Crippen molar-refractivity contribution in [2.45, 2.75) is 12.1 Å². The number of fused-ring (bicyclic) bond motifs is 1. The molecule has 2 rings (SSSR count). The zero-order valence-corrected chi connectivity index (χ0v) is 9.74. The van der Waals surface area contributed by atoms with Crippen molar-refractivity contribution in [1.29, 1.82) is 0 Å². The normalized spacial score (nSPS) is 11.1. The molecule has 0 bridgehead atoms. The Bertz CT molecular complexity index is 532. The molecule has 0 fully saturated rings. The maximum atomic E-state index is 11.6. The molecule has 2 N–H and O–H groups in total. The van der Waals surface area contributed by atoms with Crippen molar-refractivity contribution in [3.63, 3.8) is 0 Å². The number of aryl methyl sites for hydroxylation is 1. The predicted molar refractivity (Wildman–Crippen MR) is 62.8 cm³/mol. The molecular formula is C9H10N2O2S2. The standard InChI is InChI=1S/C9H10N2O2S2/c1-5-4-6-7(13)10-9(14-3-2-12)11-8(6)15-5/h4,12H,2-3H2,1H3,(H,10,11,13). The van der Waals surface area contributed by atoms with Crippen molar-refractivity contribution in [2.24, 2.45) is 0 Å². The zero-order valence-electron chi connectivity index (χ0n) is 8.11. The fraction of sp³-hybridized carbons (Fsp3) is 0.333. The van der Waals surface area contributed by atoms with Gasteiger partial charge in [-0.2, -0.15) is 0 Å². The van der Waals surface area contributed by atoms with E-state index in [1.165, 1.54) is 23.1 Å². The first kappa shape index (κ1) is 10.7. The number of thiophene rings is 1. The molecule has 0 aromatic carbocycles. The summed E-state index contributed by atoms with van der Waals surface area (Å²) in [5.41, 5.74) is -0.107. The number of aliphatic hydroxyl groups is 1. The third-order valence-corrected chi connectivity index (χ3v) is 3.63. The molecule has 0 spiro atoms. The number of aromatic amines is 1. The third-order valence-electron chi connectivity index (χ3n) is 1.83. The first-order valence-corrected chi connectivity index (χ1v) is 6.25. The number of nitrogens with one attached hydrogen (secondary N) is 1. The molecule has 0 atom stereocenters. The second-order valence-corrected chi connectivity index (χ2v) is 5.34. The van der Waals surface area contributed by atoms with Crippen molar-refractivity contribution >= 4 is 33.3 Å². The maximum Gasteiger partial charge on any atom is 0.260 e. The Hall–Kier alpha value is -0.850. The summed E-state index contributed by atoms with van der Waals surface area (Å²) < 4.78 is 0. The molecule has 6 heteroatoms. The van der Waals surface area contributed by atoms with Crippen LogP contribution in [0.2, 0.25) is 0 Å². The van der Waals surface area contributed by atoms with E-state index < -0.39 is 0 Å². The Balaban J connectivity index is 2.47. The zero-order chi connectivity index (χ0) is 10.8. The summed E-state index contributed by atoms with van der Waals surface area (Å²) >= 11 is 2.86. The van der Waals surface area contributed by atoms with Gasteiger partial charge in [0.05, 0.1) is 12.0 Å². The van der Waals surface area contributed by atoms with E-state index in [2.05, 4.69) is 9.97 Å². The van der Waals surface area contributed by atoms with Crippen molar-refractivity contribution in [2.75, 3.05) is 12.4 Å². The highest BCUT2D eigenvalue weighted by atomic mass is 32.2. The molecule has 0 amide bonds. The highest BCUT2D eigenvalue weighted by molar-refractivity contribution is 7.99. The molecule has 0 unspecified atom stereocenters. The highest BCUT2D eigenvalue weighted by Crippen LogP contribution is 2.22. The monoisotopic (exact) mass is 242 g/mol. The molecule has 0 aliphatic carbocycles. The van der Waals surface area contributed by atoms with Gasteiger partial charge in [-0.25, -0.2) is 4.98 Å². The van der Waals surface area contributed by atoms with Crippen LogP contribution in [-0.4, -0.2) is 27.4 Å². The Morgan fingerprint density at radius 1 is 1.67 bits per heavy atom. The first-order valence-electron chi connectivity index (χ1n) is 4.45. The summed E-state index contributed by atoms with van der Waals surface area (Å²) in [6.07, 6.45) is 0. The number of aromatic nitrogens is 2. The Kier molecular flexibility index (Phi) is 3.08. The van der Waals surface area contributed by atoms with Crippen molar-refractivity contribution in [3.05, 3.63) is 21.3 Å². The van der Waals surface area contributed by atoms with Crippen LogP contribution >= 0.6 is 23.1 Å². The summed E-state index contributed by atoms with van der Waals surface area (Å²) in [5, 5.41) is 9.89. The van der Waals surface area contributed by atoms with E-state index in [1.807, 2.05) is 13.0 Å². The van der Waals surface area contributed by atoms with Gasteiger partial charge in [0.2, 0.25) is 0 Å². The minimum absolute atomic E-state index is 0.0792. The van der Waals surface area contributed by atoms with Gasteiger partial charge in [-0.1, -0.05) is 11.8 Å². The molecule has 2 aromatic heterocycles. The van der Waals surface area contributed by atoms with Crippen molar-refractivity contribution < 1.29 is 5.11 Å². The summed E-state index contributed by atoms with van der Waals surface area (Å²) in [5.74, 6) is 0.540. The molecule has 15 heavy (non-hydrogen) atoms. The van der Waals surface area contributed by atoms with Gasteiger partial charge in [-0.05, 0) is 13.0 Å². The van der Waals surface area contributed by atoms with Gasteiger partial charge in [0.1, 0.15) is 4.83 Å². The first-order chi connectivity index (χ1) is 7.20. The SMILES string of the molecule is Cc1cc2c(=O)[nH]c(SCCO)nc2s1. The summed E-state index contributed by atoms with van der Waals surface area (Å²) in [4.78, 5) is 20.4. The fourth-order valence-electron chi connectivity index (χ4n) is 1.24. The Morgan fingerprint density at radius 3 is 3.20 bits per heavy atom. The van der Waals surface area contributed by atoms with Gasteiger partial charge >= 0.3 is 0 Å². The number of nitrogens with zero attached hydrogens (tertiary/aromatic N) is 1. The van der Waals surface area contributed by atoms with Gasteiger partial charge in [-0.15, -0.1) is 11.3 Å². The maximum absolute atomic E-state index is 11.6. The van der Waals surface area contributed by atoms with E-state index in [1.54, 1.807) is 0 Å². The number of H-pyrrole nitrogens is 1. The Labute approximate surface area is 94.4 Å². The molecule has 2 heterocycles. The van der Waals surface area contributed by atoms with Crippen LogP contribution in [0.4, 0.5) is 0 Å². The smallest absolute Gasteiger partial charge is 0.260 e. The van der Waals surface area contributed by atoms with Gasteiger partial charge in [0, 0.05) is 10.6 Å². The number of thioether (sulfide) groups is 1. The lowest BCUT2D eigenvalue weighted by atomic mass is 10.4. The summed E-state index contributed by atoms with van der Waals surface area (Å²) in [7, 11) is 0.